The molecule has 1 aliphatic heterocycles. The first-order valence-corrected chi connectivity index (χ1v) is 13.0. The topological polar surface area (TPSA) is 128 Å². The predicted octanol–water partition coefficient (Wildman–Crippen LogP) is 4.39. The second-order valence-corrected chi connectivity index (χ2v) is 9.81. The van der Waals surface area contributed by atoms with Crippen LogP contribution in [0.25, 0.3) is 16.8 Å². The Kier molecular flexibility index (Phi) is 7.63. The number of fused-ring (bicyclic) bond motifs is 1. The average molecular weight is 568 g/mol. The first-order valence-electron chi connectivity index (χ1n) is 13.0. The van der Waals surface area contributed by atoms with Crippen molar-refractivity contribution < 1.29 is 27.5 Å². The molecule has 0 radical (unpaired) electrons. The fraction of sp³-hybridized carbons (Fsp3) is 0.321. The summed E-state index contributed by atoms with van der Waals surface area (Å²) in [6.07, 6.45) is 0.894. The smallest absolute Gasteiger partial charge is 0.382 e. The molecule has 214 valence electrons. The van der Waals surface area contributed by atoms with E-state index in [0.717, 1.165) is 37.0 Å². The summed E-state index contributed by atoms with van der Waals surface area (Å²) in [5, 5.41) is 2.40. The van der Waals surface area contributed by atoms with Crippen molar-refractivity contribution in [3.05, 3.63) is 71.9 Å². The van der Waals surface area contributed by atoms with Crippen molar-refractivity contribution in [1.29, 1.82) is 0 Å². The molecule has 3 aromatic heterocycles. The number of alkyl halides is 3. The van der Waals surface area contributed by atoms with E-state index in [9.17, 15) is 22.8 Å². The third-order valence-corrected chi connectivity index (χ3v) is 7.16. The van der Waals surface area contributed by atoms with Crippen LogP contribution in [0.5, 0.6) is 0 Å². The van der Waals surface area contributed by atoms with E-state index in [-0.39, 0.29) is 29.0 Å². The zero-order valence-corrected chi connectivity index (χ0v) is 22.4. The number of likely N-dealkylation sites (tertiary alicyclic amines) is 1. The van der Waals surface area contributed by atoms with Gasteiger partial charge in [0, 0.05) is 55.8 Å². The molecule has 13 heteroatoms. The summed E-state index contributed by atoms with van der Waals surface area (Å²) in [4.78, 5) is 40.3. The van der Waals surface area contributed by atoms with Gasteiger partial charge in [-0.1, -0.05) is 12.1 Å². The lowest BCUT2D eigenvalue weighted by atomic mass is 9.96. The molecule has 0 spiro atoms. The highest BCUT2D eigenvalue weighted by atomic mass is 19.4. The van der Waals surface area contributed by atoms with Crippen LogP contribution in [0.1, 0.15) is 47.4 Å². The largest absolute Gasteiger partial charge is 0.416 e. The number of nitrogens with zero attached hydrogens (tertiary/aromatic N) is 5. The van der Waals surface area contributed by atoms with Gasteiger partial charge < -0.3 is 20.7 Å². The molecule has 1 saturated heterocycles. The Morgan fingerprint density at radius 1 is 1.15 bits per heavy atom. The highest BCUT2D eigenvalue weighted by Crippen LogP contribution is 2.34. The van der Waals surface area contributed by atoms with E-state index < -0.39 is 23.8 Å². The lowest BCUT2D eigenvalue weighted by Gasteiger charge is -2.33. The van der Waals surface area contributed by atoms with Crippen LogP contribution < -0.4 is 11.1 Å². The van der Waals surface area contributed by atoms with E-state index in [2.05, 4.69) is 15.3 Å². The summed E-state index contributed by atoms with van der Waals surface area (Å²) in [5.41, 5.74) is 7.41. The van der Waals surface area contributed by atoms with Gasteiger partial charge in [-0.25, -0.2) is 15.0 Å². The molecule has 0 unspecified atom stereocenters. The Labute approximate surface area is 233 Å². The molecule has 1 aromatic carbocycles. The van der Waals surface area contributed by atoms with Crippen molar-refractivity contribution in [3.63, 3.8) is 0 Å². The van der Waals surface area contributed by atoms with Gasteiger partial charge >= 0.3 is 6.18 Å². The quantitative estimate of drug-likeness (QED) is 0.354. The Morgan fingerprint density at radius 3 is 2.61 bits per heavy atom. The van der Waals surface area contributed by atoms with Gasteiger partial charge in [0.2, 0.25) is 0 Å². The van der Waals surface area contributed by atoms with Gasteiger partial charge in [-0.15, -0.1) is 0 Å². The SMILES string of the molecule is CO[C@H](C)C(=O)N1CCC[C@@H](c2nc(-c3ccc(C(=O)Nc4cc(C(F)(F)F)ccn4)cc3)c3c(N)nccn23)C1. The van der Waals surface area contributed by atoms with Crippen LogP contribution in [0.15, 0.2) is 55.0 Å². The van der Waals surface area contributed by atoms with Crippen molar-refractivity contribution in [2.45, 2.75) is 38.0 Å². The Balaban J connectivity index is 1.42. The second-order valence-electron chi connectivity index (χ2n) is 9.81. The number of methoxy groups -OCH3 is 1. The number of rotatable bonds is 6. The van der Waals surface area contributed by atoms with Gasteiger partial charge in [-0.05, 0) is 44.0 Å². The number of aromatic nitrogens is 4. The van der Waals surface area contributed by atoms with Gasteiger partial charge in [-0.2, -0.15) is 13.2 Å². The first kappa shape index (κ1) is 28.0. The number of carbonyl (C=O) groups excluding carboxylic acids is 2. The molecule has 1 aliphatic rings. The third-order valence-electron chi connectivity index (χ3n) is 7.16. The van der Waals surface area contributed by atoms with E-state index in [4.69, 9.17) is 15.5 Å². The molecule has 0 aliphatic carbocycles. The van der Waals surface area contributed by atoms with Crippen LogP contribution in [-0.4, -0.2) is 62.4 Å². The fourth-order valence-electron chi connectivity index (χ4n) is 4.97. The standard InChI is InChI=1S/C28H28F3N7O3/c1-16(41-2)27(40)37-12-3-4-19(15-37)25-36-22(23-24(32)34-11-13-38(23)25)17-5-7-18(8-6-17)26(39)35-21-14-20(9-10-33-21)28(29,30)31/h5-11,13-14,16,19H,3-4,12,15H2,1-2H3,(H2,32,34)(H,33,35,39)/t16-,19-/m1/s1. The molecule has 4 aromatic rings. The maximum absolute atomic E-state index is 13.0. The van der Waals surface area contributed by atoms with E-state index in [1.807, 2.05) is 4.40 Å². The number of ether oxygens (including phenoxy) is 1. The van der Waals surface area contributed by atoms with Gasteiger partial charge in [-0.3, -0.25) is 14.0 Å². The average Bonchev–Trinajstić information content (AvgIpc) is 3.37. The summed E-state index contributed by atoms with van der Waals surface area (Å²) in [6, 6.07) is 8.06. The lowest BCUT2D eigenvalue weighted by molar-refractivity contribution is -0.142. The first-order chi connectivity index (χ1) is 19.6. The van der Waals surface area contributed by atoms with Crippen LogP contribution >= 0.6 is 0 Å². The predicted molar refractivity (Wildman–Crippen MR) is 145 cm³/mol. The third kappa shape index (κ3) is 5.71. The number of nitrogen functional groups attached to an aromatic ring is 1. The van der Waals surface area contributed by atoms with Gasteiger partial charge in [0.05, 0.1) is 5.56 Å². The molecule has 1 fully saturated rings. The number of benzene rings is 1. The van der Waals surface area contributed by atoms with E-state index in [0.29, 0.717) is 29.9 Å². The number of pyridine rings is 1. The zero-order chi connectivity index (χ0) is 29.3. The molecule has 3 N–H and O–H groups in total. The lowest BCUT2D eigenvalue weighted by Crippen LogP contribution is -2.44. The summed E-state index contributed by atoms with van der Waals surface area (Å²) in [5.74, 6) is 0.0626. The number of amides is 2. The summed E-state index contributed by atoms with van der Waals surface area (Å²) in [6.45, 7) is 2.85. The highest BCUT2D eigenvalue weighted by Gasteiger charge is 2.32. The van der Waals surface area contributed by atoms with Crippen LogP contribution in [0.3, 0.4) is 0 Å². The second kappa shape index (κ2) is 11.2. The van der Waals surface area contributed by atoms with Crippen LogP contribution in [-0.2, 0) is 15.7 Å². The molecular formula is C28H28F3N7O3. The van der Waals surface area contributed by atoms with Gasteiger partial charge in [0.1, 0.15) is 34.8 Å². The van der Waals surface area contributed by atoms with Crippen molar-refractivity contribution in [2.75, 3.05) is 31.2 Å². The monoisotopic (exact) mass is 567 g/mol. The number of nitrogens with two attached hydrogens (primary N) is 1. The Morgan fingerprint density at radius 2 is 1.90 bits per heavy atom. The van der Waals surface area contributed by atoms with Crippen molar-refractivity contribution in [1.82, 2.24) is 24.3 Å². The molecular weight excluding hydrogens is 539 g/mol. The molecule has 2 atom stereocenters. The molecule has 0 saturated carbocycles. The Bertz CT molecular complexity index is 1590. The maximum atomic E-state index is 13.0. The molecule has 2 amide bonds. The number of piperidine rings is 1. The Hall–Kier alpha value is -4.52. The van der Waals surface area contributed by atoms with Crippen LogP contribution in [0.2, 0.25) is 0 Å². The van der Waals surface area contributed by atoms with Crippen molar-refractivity contribution in [2.24, 2.45) is 0 Å². The number of imidazole rings is 1. The van der Waals surface area contributed by atoms with Crippen molar-refractivity contribution >= 4 is 29.0 Å². The van der Waals surface area contributed by atoms with Crippen LogP contribution in [0.4, 0.5) is 24.8 Å². The molecule has 4 heterocycles. The van der Waals surface area contributed by atoms with Crippen molar-refractivity contribution in [3.8, 4) is 11.3 Å². The summed E-state index contributed by atoms with van der Waals surface area (Å²) in [7, 11) is 1.51. The number of halogens is 3. The number of anilines is 2. The van der Waals surface area contributed by atoms with E-state index in [1.54, 1.807) is 48.5 Å². The molecule has 5 rings (SSSR count). The zero-order valence-electron chi connectivity index (χ0n) is 22.4. The number of carbonyl (C=O) groups is 2. The minimum Gasteiger partial charge on any atom is -0.382 e. The van der Waals surface area contributed by atoms with E-state index >= 15 is 0 Å². The number of nitrogens with one attached hydrogen (secondary N) is 1. The van der Waals surface area contributed by atoms with Crippen LogP contribution in [0, 0.1) is 0 Å². The number of hydrogen-bond donors (Lipinski definition) is 2. The summed E-state index contributed by atoms with van der Waals surface area (Å²) < 4.78 is 46.1. The molecule has 0 bridgehead atoms. The minimum atomic E-state index is -4.55. The summed E-state index contributed by atoms with van der Waals surface area (Å²) >= 11 is 0. The van der Waals surface area contributed by atoms with Gasteiger partial charge in [0.25, 0.3) is 11.8 Å². The molecule has 10 nitrogen and oxygen atoms in total. The van der Waals surface area contributed by atoms with Gasteiger partial charge in [0.15, 0.2) is 0 Å². The molecule has 41 heavy (non-hydrogen) atoms. The maximum Gasteiger partial charge on any atom is 0.416 e. The fourth-order valence-corrected chi connectivity index (χ4v) is 4.97. The normalized spacial score (nSPS) is 16.5. The minimum absolute atomic E-state index is 0.0511. The highest BCUT2D eigenvalue weighted by molar-refractivity contribution is 6.04. The van der Waals surface area contributed by atoms with E-state index in [1.165, 1.54) is 7.11 Å². The number of hydrogen-bond acceptors (Lipinski definition) is 7.